The summed E-state index contributed by atoms with van der Waals surface area (Å²) in [5.74, 6) is -0.131. The predicted molar refractivity (Wildman–Crippen MR) is 62.2 cm³/mol. The minimum absolute atomic E-state index is 0.131. The first-order valence-corrected chi connectivity index (χ1v) is 6.31. The van der Waals surface area contributed by atoms with Crippen molar-refractivity contribution in [3.05, 3.63) is 0 Å². The second-order valence-corrected chi connectivity index (χ2v) is 4.90. The fourth-order valence-corrected chi connectivity index (χ4v) is 3.02. The molecular weight excluding hydrogens is 204 g/mol. The first-order chi connectivity index (χ1) is 7.70. The third-order valence-electron chi connectivity index (χ3n) is 3.94. The van der Waals surface area contributed by atoms with E-state index in [2.05, 4.69) is 17.3 Å². The number of piperidine rings is 1. The van der Waals surface area contributed by atoms with Gasteiger partial charge in [-0.25, -0.2) is 0 Å². The van der Waals surface area contributed by atoms with Crippen molar-refractivity contribution in [2.45, 2.75) is 50.7 Å². The Bertz CT molecular complexity index is 243. The van der Waals surface area contributed by atoms with Crippen LogP contribution >= 0.6 is 0 Å². The molecule has 2 saturated heterocycles. The fraction of sp³-hybridized carbons (Fsp3) is 0.917. The largest absolute Gasteiger partial charge is 0.465 e. The van der Waals surface area contributed by atoms with Gasteiger partial charge in [-0.05, 0) is 39.7 Å². The number of nitrogens with zero attached hydrogens (tertiary/aromatic N) is 1. The molecule has 4 heteroatoms. The molecule has 0 radical (unpaired) electrons. The Hall–Kier alpha value is -0.610. The molecular formula is C12H22N2O2. The van der Waals surface area contributed by atoms with Gasteiger partial charge in [-0.2, -0.15) is 0 Å². The summed E-state index contributed by atoms with van der Waals surface area (Å²) in [6, 6.07) is 1.94. The van der Waals surface area contributed by atoms with Gasteiger partial charge in [-0.3, -0.25) is 4.79 Å². The van der Waals surface area contributed by atoms with Crippen molar-refractivity contribution in [1.29, 1.82) is 0 Å². The van der Waals surface area contributed by atoms with Crippen LogP contribution in [0.25, 0.3) is 0 Å². The maximum Gasteiger partial charge on any atom is 0.319 e. The lowest BCUT2D eigenvalue weighted by atomic mass is 9.98. The number of fused-ring (bicyclic) bond motifs is 2. The van der Waals surface area contributed by atoms with Crippen molar-refractivity contribution in [2.75, 3.05) is 20.2 Å². The number of carbonyl (C=O) groups is 1. The Morgan fingerprint density at radius 1 is 1.38 bits per heavy atom. The van der Waals surface area contributed by atoms with E-state index in [-0.39, 0.29) is 5.97 Å². The zero-order valence-electron chi connectivity index (χ0n) is 10.2. The van der Waals surface area contributed by atoms with E-state index in [1.54, 1.807) is 0 Å². The summed E-state index contributed by atoms with van der Waals surface area (Å²) in [6.45, 7) is 2.68. The molecule has 0 aromatic heterocycles. The van der Waals surface area contributed by atoms with Gasteiger partial charge < -0.3 is 15.0 Å². The average Bonchev–Trinajstić information content (AvgIpc) is 2.52. The van der Waals surface area contributed by atoms with Gasteiger partial charge in [0.25, 0.3) is 0 Å². The first-order valence-electron chi connectivity index (χ1n) is 6.31. The number of rotatable bonds is 4. The minimum Gasteiger partial charge on any atom is -0.465 e. The first kappa shape index (κ1) is 11.9. The van der Waals surface area contributed by atoms with Gasteiger partial charge in [0.05, 0.1) is 13.2 Å². The van der Waals surface area contributed by atoms with Crippen LogP contribution < -0.4 is 5.32 Å². The zero-order valence-corrected chi connectivity index (χ0v) is 10.2. The molecule has 16 heavy (non-hydrogen) atoms. The third-order valence-corrected chi connectivity index (χ3v) is 3.94. The SMILES string of the molecule is CCOC(=O)CNC1CC2CCC(C1)N2C. The van der Waals surface area contributed by atoms with Crippen LogP contribution in [0.1, 0.15) is 32.6 Å². The van der Waals surface area contributed by atoms with E-state index >= 15 is 0 Å². The molecule has 2 unspecified atom stereocenters. The Balaban J connectivity index is 1.74. The highest BCUT2D eigenvalue weighted by Gasteiger charge is 2.38. The number of hydrogen-bond acceptors (Lipinski definition) is 4. The third kappa shape index (κ3) is 2.55. The van der Waals surface area contributed by atoms with Crippen molar-refractivity contribution in [2.24, 2.45) is 0 Å². The number of ether oxygens (including phenoxy) is 1. The van der Waals surface area contributed by atoms with E-state index in [4.69, 9.17) is 4.74 Å². The van der Waals surface area contributed by atoms with Crippen LogP contribution in [0.15, 0.2) is 0 Å². The molecule has 2 atom stereocenters. The number of hydrogen-bond donors (Lipinski definition) is 1. The Labute approximate surface area is 97.3 Å². The minimum atomic E-state index is -0.131. The van der Waals surface area contributed by atoms with Crippen molar-refractivity contribution < 1.29 is 9.53 Å². The Morgan fingerprint density at radius 3 is 2.56 bits per heavy atom. The summed E-state index contributed by atoms with van der Waals surface area (Å²) >= 11 is 0. The normalized spacial score (nSPS) is 34.0. The van der Waals surface area contributed by atoms with Crippen LogP contribution in [-0.2, 0) is 9.53 Å². The van der Waals surface area contributed by atoms with E-state index in [0.29, 0.717) is 19.2 Å². The van der Waals surface area contributed by atoms with Crippen LogP contribution in [0.3, 0.4) is 0 Å². The van der Waals surface area contributed by atoms with Gasteiger partial charge in [0, 0.05) is 18.1 Å². The zero-order chi connectivity index (χ0) is 11.5. The lowest BCUT2D eigenvalue weighted by molar-refractivity contribution is -0.142. The van der Waals surface area contributed by atoms with Gasteiger partial charge in [-0.15, -0.1) is 0 Å². The molecule has 2 fully saturated rings. The van der Waals surface area contributed by atoms with Crippen molar-refractivity contribution in [3.63, 3.8) is 0 Å². The van der Waals surface area contributed by atoms with E-state index in [0.717, 1.165) is 12.1 Å². The van der Waals surface area contributed by atoms with E-state index in [9.17, 15) is 4.79 Å². The topological polar surface area (TPSA) is 41.6 Å². The van der Waals surface area contributed by atoms with Crippen molar-refractivity contribution in [3.8, 4) is 0 Å². The van der Waals surface area contributed by atoms with Gasteiger partial charge >= 0.3 is 5.97 Å². The summed E-state index contributed by atoms with van der Waals surface area (Å²) in [7, 11) is 2.23. The van der Waals surface area contributed by atoms with Crippen LogP contribution in [0, 0.1) is 0 Å². The van der Waals surface area contributed by atoms with Crippen LogP contribution in [-0.4, -0.2) is 49.2 Å². The van der Waals surface area contributed by atoms with Crippen molar-refractivity contribution >= 4 is 5.97 Å². The predicted octanol–water partition coefficient (Wildman–Crippen LogP) is 0.764. The fourth-order valence-electron chi connectivity index (χ4n) is 3.02. The quantitative estimate of drug-likeness (QED) is 0.719. The molecule has 1 N–H and O–H groups in total. The molecule has 0 saturated carbocycles. The van der Waals surface area contributed by atoms with Crippen LogP contribution in [0.5, 0.6) is 0 Å². The van der Waals surface area contributed by atoms with Gasteiger partial charge in [0.15, 0.2) is 0 Å². The second kappa shape index (κ2) is 5.15. The summed E-state index contributed by atoms with van der Waals surface area (Å²) in [5.41, 5.74) is 0. The highest BCUT2D eigenvalue weighted by atomic mass is 16.5. The smallest absolute Gasteiger partial charge is 0.319 e. The van der Waals surface area contributed by atoms with Crippen LogP contribution in [0.4, 0.5) is 0 Å². The monoisotopic (exact) mass is 226 g/mol. The molecule has 2 aliphatic heterocycles. The molecule has 0 aliphatic carbocycles. The van der Waals surface area contributed by atoms with E-state index in [1.165, 1.54) is 25.7 Å². The molecule has 2 rings (SSSR count). The molecule has 0 spiro atoms. The highest BCUT2D eigenvalue weighted by Crippen LogP contribution is 2.33. The molecule has 2 aliphatic rings. The van der Waals surface area contributed by atoms with Crippen molar-refractivity contribution in [1.82, 2.24) is 10.2 Å². The highest BCUT2D eigenvalue weighted by molar-refractivity contribution is 5.71. The maximum absolute atomic E-state index is 11.2. The van der Waals surface area contributed by atoms with Crippen LogP contribution in [0.2, 0.25) is 0 Å². The molecule has 4 nitrogen and oxygen atoms in total. The van der Waals surface area contributed by atoms with Gasteiger partial charge in [-0.1, -0.05) is 0 Å². The molecule has 0 amide bonds. The molecule has 2 bridgehead atoms. The van der Waals surface area contributed by atoms with Gasteiger partial charge in [0.2, 0.25) is 0 Å². The molecule has 0 aromatic rings. The Kier molecular flexibility index (Phi) is 3.82. The molecule has 2 heterocycles. The summed E-state index contributed by atoms with van der Waals surface area (Å²) in [4.78, 5) is 13.7. The standard InChI is InChI=1S/C12H22N2O2/c1-3-16-12(15)8-13-9-6-10-4-5-11(7-9)14(10)2/h9-11,13H,3-8H2,1-2H3. The van der Waals surface area contributed by atoms with E-state index < -0.39 is 0 Å². The number of esters is 1. The van der Waals surface area contributed by atoms with E-state index in [1.807, 2.05) is 6.92 Å². The number of carbonyl (C=O) groups excluding carboxylic acids is 1. The molecule has 0 aromatic carbocycles. The molecule has 92 valence electrons. The lowest BCUT2D eigenvalue weighted by Crippen LogP contribution is -2.48. The summed E-state index contributed by atoms with van der Waals surface area (Å²) in [6.07, 6.45) is 4.98. The lowest BCUT2D eigenvalue weighted by Gasteiger charge is -2.36. The summed E-state index contributed by atoms with van der Waals surface area (Å²) in [5, 5.41) is 3.33. The average molecular weight is 226 g/mol. The Morgan fingerprint density at radius 2 is 2.00 bits per heavy atom. The van der Waals surface area contributed by atoms with Gasteiger partial charge in [0.1, 0.15) is 0 Å². The maximum atomic E-state index is 11.2. The summed E-state index contributed by atoms with van der Waals surface area (Å²) < 4.78 is 4.91. The number of nitrogens with one attached hydrogen (secondary N) is 1. The second-order valence-electron chi connectivity index (χ2n) is 4.90.